The van der Waals surface area contributed by atoms with Gasteiger partial charge in [-0.3, -0.25) is 4.79 Å². The van der Waals surface area contributed by atoms with Crippen molar-refractivity contribution in [2.75, 3.05) is 7.11 Å². The first kappa shape index (κ1) is 12.9. The van der Waals surface area contributed by atoms with Crippen molar-refractivity contribution in [3.05, 3.63) is 29.8 Å². The predicted molar refractivity (Wildman–Crippen MR) is 64.8 cm³/mol. The number of carbonyl (C=O) groups is 1. The molecular weight excluding hydrogens is 234 g/mol. The molecule has 1 heterocycles. The van der Waals surface area contributed by atoms with E-state index < -0.39 is 12.3 Å². The Bertz CT molecular complexity index is 418. The number of piperidine rings is 1. The van der Waals surface area contributed by atoms with Crippen LogP contribution in [-0.4, -0.2) is 40.5 Å². The van der Waals surface area contributed by atoms with Crippen molar-refractivity contribution in [3.8, 4) is 5.75 Å². The van der Waals surface area contributed by atoms with Crippen LogP contribution < -0.4 is 4.74 Å². The van der Waals surface area contributed by atoms with Gasteiger partial charge in [0, 0.05) is 13.0 Å². The monoisotopic (exact) mass is 251 g/mol. The van der Waals surface area contributed by atoms with E-state index in [0.29, 0.717) is 13.0 Å². The quantitative estimate of drug-likeness (QED) is 0.820. The first-order valence-electron chi connectivity index (χ1n) is 5.90. The highest BCUT2D eigenvalue weighted by Crippen LogP contribution is 2.20. The molecule has 98 valence electrons. The van der Waals surface area contributed by atoms with Gasteiger partial charge in [-0.25, -0.2) is 0 Å². The maximum Gasteiger partial charge on any atom is 0.225 e. The number of methoxy groups -OCH3 is 1. The summed E-state index contributed by atoms with van der Waals surface area (Å²) in [6, 6.07) is 7.26. The lowest BCUT2D eigenvalue weighted by Crippen LogP contribution is -2.50. The molecule has 1 fully saturated rings. The molecule has 0 bridgehead atoms. The zero-order chi connectivity index (χ0) is 13.1. The first-order chi connectivity index (χ1) is 8.61. The molecule has 2 N–H and O–H groups in total. The van der Waals surface area contributed by atoms with Crippen molar-refractivity contribution in [1.29, 1.82) is 0 Å². The van der Waals surface area contributed by atoms with Gasteiger partial charge in [-0.1, -0.05) is 12.1 Å². The fraction of sp³-hybridized carbons (Fsp3) is 0.462. The van der Waals surface area contributed by atoms with E-state index >= 15 is 0 Å². The molecule has 1 saturated heterocycles. The topological polar surface area (TPSA) is 70.0 Å². The number of carbonyl (C=O) groups excluding carboxylic acids is 1. The number of ether oxygens (including phenoxy) is 1. The van der Waals surface area contributed by atoms with Crippen LogP contribution in [0.2, 0.25) is 0 Å². The van der Waals surface area contributed by atoms with Gasteiger partial charge in [0.1, 0.15) is 5.75 Å². The van der Waals surface area contributed by atoms with Crippen molar-refractivity contribution < 1.29 is 19.7 Å². The van der Waals surface area contributed by atoms with Crippen molar-refractivity contribution >= 4 is 5.91 Å². The van der Waals surface area contributed by atoms with Crippen LogP contribution in [0.3, 0.4) is 0 Å². The van der Waals surface area contributed by atoms with Crippen LogP contribution in [0.1, 0.15) is 18.4 Å². The van der Waals surface area contributed by atoms with Gasteiger partial charge in [0.2, 0.25) is 5.91 Å². The van der Waals surface area contributed by atoms with Gasteiger partial charge < -0.3 is 19.8 Å². The summed E-state index contributed by atoms with van der Waals surface area (Å²) < 4.78 is 5.05. The van der Waals surface area contributed by atoms with Gasteiger partial charge in [-0.05, 0) is 24.1 Å². The van der Waals surface area contributed by atoms with Gasteiger partial charge >= 0.3 is 0 Å². The van der Waals surface area contributed by atoms with E-state index in [1.165, 1.54) is 4.90 Å². The standard InChI is InChI=1S/C13H17NO4/c1-18-10-4-2-9(3-5-10)8-14-12(16)7-6-11(15)13(14)17/h2-5,11,13,15,17H,6-8H2,1H3/t11-,13?/m0/s1. The largest absolute Gasteiger partial charge is 0.497 e. The lowest BCUT2D eigenvalue weighted by molar-refractivity contribution is -0.162. The molecule has 1 aromatic carbocycles. The van der Waals surface area contributed by atoms with Crippen molar-refractivity contribution in [3.63, 3.8) is 0 Å². The van der Waals surface area contributed by atoms with E-state index in [9.17, 15) is 15.0 Å². The molecule has 0 aromatic heterocycles. The Kier molecular flexibility index (Phi) is 3.84. The summed E-state index contributed by atoms with van der Waals surface area (Å²) in [7, 11) is 1.59. The zero-order valence-corrected chi connectivity index (χ0v) is 10.2. The van der Waals surface area contributed by atoms with E-state index in [0.717, 1.165) is 11.3 Å². The molecule has 2 rings (SSSR count). The molecule has 5 heteroatoms. The number of aliphatic hydroxyl groups excluding tert-OH is 2. The van der Waals surface area contributed by atoms with Crippen LogP contribution in [0.25, 0.3) is 0 Å². The van der Waals surface area contributed by atoms with Gasteiger partial charge in [-0.15, -0.1) is 0 Å². The summed E-state index contributed by atoms with van der Waals surface area (Å²) >= 11 is 0. The Morgan fingerprint density at radius 1 is 1.33 bits per heavy atom. The fourth-order valence-corrected chi connectivity index (χ4v) is 2.03. The van der Waals surface area contributed by atoms with Crippen molar-refractivity contribution in [2.24, 2.45) is 0 Å². The van der Waals surface area contributed by atoms with E-state index in [2.05, 4.69) is 0 Å². The molecular formula is C13H17NO4. The van der Waals surface area contributed by atoms with E-state index in [1.54, 1.807) is 19.2 Å². The molecule has 5 nitrogen and oxygen atoms in total. The number of rotatable bonds is 3. The minimum absolute atomic E-state index is 0.136. The maximum atomic E-state index is 11.7. The summed E-state index contributed by atoms with van der Waals surface area (Å²) in [6.45, 7) is 0.293. The maximum absolute atomic E-state index is 11.7. The summed E-state index contributed by atoms with van der Waals surface area (Å²) in [5.74, 6) is 0.605. The molecule has 0 aliphatic carbocycles. The van der Waals surface area contributed by atoms with Gasteiger partial charge in [0.25, 0.3) is 0 Å². The number of likely N-dealkylation sites (tertiary alicyclic amines) is 1. The zero-order valence-electron chi connectivity index (χ0n) is 10.2. The molecule has 0 saturated carbocycles. The van der Waals surface area contributed by atoms with Gasteiger partial charge in [0.15, 0.2) is 6.23 Å². The van der Waals surface area contributed by atoms with Crippen LogP contribution in [0.15, 0.2) is 24.3 Å². The van der Waals surface area contributed by atoms with E-state index in [-0.39, 0.29) is 12.3 Å². The number of amides is 1. The van der Waals surface area contributed by atoms with Crippen LogP contribution in [0.4, 0.5) is 0 Å². The summed E-state index contributed by atoms with van der Waals surface area (Å²) in [5, 5.41) is 19.4. The van der Waals surface area contributed by atoms with Crippen LogP contribution in [0, 0.1) is 0 Å². The van der Waals surface area contributed by atoms with Crippen LogP contribution in [0.5, 0.6) is 5.75 Å². The molecule has 18 heavy (non-hydrogen) atoms. The Hall–Kier alpha value is -1.59. The fourth-order valence-electron chi connectivity index (χ4n) is 2.03. The molecule has 2 atom stereocenters. The second-order valence-corrected chi connectivity index (χ2v) is 4.39. The molecule has 0 spiro atoms. The number of benzene rings is 1. The molecule has 1 amide bonds. The Morgan fingerprint density at radius 3 is 2.61 bits per heavy atom. The molecule has 1 aromatic rings. The molecule has 1 aliphatic rings. The number of nitrogens with zero attached hydrogens (tertiary/aromatic N) is 1. The van der Waals surface area contributed by atoms with E-state index in [1.807, 2.05) is 12.1 Å². The summed E-state index contributed by atoms with van der Waals surface area (Å²) in [6.07, 6.45) is -1.39. The number of aliphatic hydroxyl groups is 2. The molecule has 1 aliphatic heterocycles. The molecule has 0 radical (unpaired) electrons. The third-order valence-corrected chi connectivity index (χ3v) is 3.15. The summed E-state index contributed by atoms with van der Waals surface area (Å²) in [5.41, 5.74) is 0.886. The Labute approximate surface area is 106 Å². The van der Waals surface area contributed by atoms with Crippen LogP contribution >= 0.6 is 0 Å². The van der Waals surface area contributed by atoms with E-state index in [4.69, 9.17) is 4.74 Å². The SMILES string of the molecule is COc1ccc(CN2C(=O)CC[C@H](O)C2O)cc1. The van der Waals surface area contributed by atoms with Gasteiger partial charge in [-0.2, -0.15) is 0 Å². The third-order valence-electron chi connectivity index (χ3n) is 3.15. The Morgan fingerprint density at radius 2 is 2.00 bits per heavy atom. The molecule has 1 unspecified atom stereocenters. The lowest BCUT2D eigenvalue weighted by atomic mass is 10.0. The highest BCUT2D eigenvalue weighted by Gasteiger charge is 2.32. The highest BCUT2D eigenvalue weighted by molar-refractivity contribution is 5.77. The van der Waals surface area contributed by atoms with Crippen molar-refractivity contribution in [2.45, 2.75) is 31.7 Å². The lowest BCUT2D eigenvalue weighted by Gasteiger charge is -2.35. The Balaban J connectivity index is 2.08. The van der Waals surface area contributed by atoms with Crippen molar-refractivity contribution in [1.82, 2.24) is 4.90 Å². The predicted octanol–water partition coefficient (Wildman–Crippen LogP) is 0.497. The second-order valence-electron chi connectivity index (χ2n) is 4.39. The number of hydrogen-bond donors (Lipinski definition) is 2. The smallest absolute Gasteiger partial charge is 0.225 e. The minimum Gasteiger partial charge on any atom is -0.497 e. The number of hydrogen-bond acceptors (Lipinski definition) is 4. The average Bonchev–Trinajstić information content (AvgIpc) is 2.40. The third kappa shape index (κ3) is 2.63. The summed E-state index contributed by atoms with van der Waals surface area (Å²) in [4.78, 5) is 13.0. The first-order valence-corrected chi connectivity index (χ1v) is 5.90. The highest BCUT2D eigenvalue weighted by atomic mass is 16.5. The van der Waals surface area contributed by atoms with Crippen LogP contribution in [-0.2, 0) is 11.3 Å². The normalized spacial score (nSPS) is 24.2. The minimum atomic E-state index is -1.12. The average molecular weight is 251 g/mol. The van der Waals surface area contributed by atoms with Gasteiger partial charge in [0.05, 0.1) is 13.2 Å². The second kappa shape index (κ2) is 5.37.